The van der Waals surface area contributed by atoms with Gasteiger partial charge in [0.25, 0.3) is 0 Å². The van der Waals surface area contributed by atoms with Gasteiger partial charge in [0.05, 0.1) is 0 Å². The van der Waals surface area contributed by atoms with Gasteiger partial charge >= 0.3 is 0 Å². The molecule has 14 aromatic carbocycles. The molecule has 0 atom stereocenters. The minimum Gasteiger partial charge on any atom is -0.0616 e. The molecule has 0 saturated carbocycles. The molecule has 0 heteroatoms. The van der Waals surface area contributed by atoms with Crippen LogP contribution in [-0.2, 0) is 0 Å². The monoisotopic (exact) mass is 884 g/mol. The highest BCUT2D eigenvalue weighted by molar-refractivity contribution is 6.27. The van der Waals surface area contributed by atoms with Crippen LogP contribution < -0.4 is 0 Å². The highest BCUT2D eigenvalue weighted by Gasteiger charge is 2.21. The van der Waals surface area contributed by atoms with E-state index in [1.807, 2.05) is 0 Å². The fourth-order valence-corrected chi connectivity index (χ4v) is 11.6. The molecule has 0 aliphatic heterocycles. The molecule has 0 radical (unpaired) electrons. The lowest BCUT2D eigenvalue weighted by Crippen LogP contribution is -1.93. The molecule has 0 saturated heterocycles. The first-order chi connectivity index (χ1) is 34.7. The number of hydrogen-bond donors (Lipinski definition) is 0. The van der Waals surface area contributed by atoms with Gasteiger partial charge in [0.15, 0.2) is 0 Å². The van der Waals surface area contributed by atoms with Crippen molar-refractivity contribution in [2.24, 2.45) is 0 Å². The average molecular weight is 885 g/mol. The van der Waals surface area contributed by atoms with E-state index in [0.717, 1.165) is 0 Å². The van der Waals surface area contributed by atoms with Crippen molar-refractivity contribution >= 4 is 75.4 Å². The van der Waals surface area contributed by atoms with Gasteiger partial charge in [-0.25, -0.2) is 0 Å². The van der Waals surface area contributed by atoms with E-state index in [1.54, 1.807) is 0 Å². The molecule has 0 nitrogen and oxygen atoms in total. The van der Waals surface area contributed by atoms with Gasteiger partial charge in [0.2, 0.25) is 0 Å². The van der Waals surface area contributed by atoms with E-state index in [1.165, 1.54) is 142 Å². The van der Waals surface area contributed by atoms with E-state index in [4.69, 9.17) is 0 Å². The number of fused-ring (bicyclic) bond motifs is 7. The minimum absolute atomic E-state index is 1.21. The molecule has 0 aromatic heterocycles. The van der Waals surface area contributed by atoms with Crippen molar-refractivity contribution in [1.29, 1.82) is 0 Å². The summed E-state index contributed by atoms with van der Waals surface area (Å²) in [7, 11) is 0. The van der Waals surface area contributed by atoms with Gasteiger partial charge < -0.3 is 0 Å². The van der Waals surface area contributed by atoms with Gasteiger partial charge in [-0.15, -0.1) is 0 Å². The molecular formula is C70H44. The second-order valence-corrected chi connectivity index (χ2v) is 18.7. The summed E-state index contributed by atoms with van der Waals surface area (Å²) in [6.45, 7) is 0. The Balaban J connectivity index is 0.924. The Bertz CT molecular complexity index is 3980. The predicted octanol–water partition coefficient (Wildman–Crippen LogP) is 19.8. The fraction of sp³-hybridized carbons (Fsp3) is 0. The van der Waals surface area contributed by atoms with E-state index in [0.29, 0.717) is 0 Å². The molecule has 0 bridgehead atoms. The van der Waals surface area contributed by atoms with E-state index >= 15 is 0 Å². The summed E-state index contributed by atoms with van der Waals surface area (Å²) in [5.41, 5.74) is 14.9. The Morgan fingerprint density at radius 1 is 0.143 bits per heavy atom. The molecule has 0 amide bonds. The molecule has 0 heterocycles. The summed E-state index contributed by atoms with van der Waals surface area (Å²) < 4.78 is 0. The van der Waals surface area contributed by atoms with Crippen LogP contribution in [0.25, 0.3) is 142 Å². The van der Waals surface area contributed by atoms with Crippen LogP contribution in [0.3, 0.4) is 0 Å². The van der Waals surface area contributed by atoms with Crippen molar-refractivity contribution in [3.8, 4) is 66.8 Å². The van der Waals surface area contributed by atoms with Gasteiger partial charge in [-0.3, -0.25) is 0 Å². The van der Waals surface area contributed by atoms with Crippen LogP contribution in [-0.4, -0.2) is 0 Å². The molecule has 0 N–H and O–H groups in total. The molecule has 0 fully saturated rings. The Hall–Kier alpha value is -9.10. The zero-order chi connectivity index (χ0) is 46.1. The molecule has 0 aliphatic rings. The lowest BCUT2D eigenvalue weighted by Gasteiger charge is -2.21. The summed E-state index contributed by atoms with van der Waals surface area (Å²) in [4.78, 5) is 0. The van der Waals surface area contributed by atoms with E-state index in [-0.39, 0.29) is 0 Å². The van der Waals surface area contributed by atoms with Crippen molar-refractivity contribution in [1.82, 2.24) is 0 Å². The standard InChI is InChI=1S/C70H44/c1-3-17-51-43-53(41-35-45(51)15-1)47-31-37-49(38-32-47)67-59-19-5-9-23-63(59)69(64-24-10-6-20-60(64)67)57-29-13-28-56-55(57)27-14-30-58(56)70-65-25-11-7-21-61(65)68(62-22-8-12-26-66(62)70)50-39-33-48(34-40-50)54-42-36-46-16-2-4-18-52(46)44-54/h1-44H. The van der Waals surface area contributed by atoms with Crippen LogP contribution in [0.2, 0.25) is 0 Å². The van der Waals surface area contributed by atoms with Crippen molar-refractivity contribution in [3.63, 3.8) is 0 Å². The van der Waals surface area contributed by atoms with Gasteiger partial charge in [-0.2, -0.15) is 0 Å². The second-order valence-electron chi connectivity index (χ2n) is 18.7. The quantitative estimate of drug-likeness (QED) is 0.146. The first kappa shape index (κ1) is 40.0. The molecular weight excluding hydrogens is 841 g/mol. The maximum atomic E-state index is 2.33. The lowest BCUT2D eigenvalue weighted by atomic mass is 9.82. The van der Waals surface area contributed by atoms with E-state index < -0.39 is 0 Å². The summed E-state index contributed by atoms with van der Waals surface area (Å²) in [6, 6.07) is 99.0. The van der Waals surface area contributed by atoms with Crippen LogP contribution in [0.4, 0.5) is 0 Å². The number of hydrogen-bond acceptors (Lipinski definition) is 0. The van der Waals surface area contributed by atoms with Crippen LogP contribution in [0.1, 0.15) is 0 Å². The Morgan fingerprint density at radius 3 is 0.743 bits per heavy atom. The zero-order valence-corrected chi connectivity index (χ0v) is 38.4. The molecule has 0 unspecified atom stereocenters. The van der Waals surface area contributed by atoms with Crippen LogP contribution >= 0.6 is 0 Å². The van der Waals surface area contributed by atoms with Crippen LogP contribution in [0, 0.1) is 0 Å². The number of rotatable bonds is 6. The molecule has 0 aliphatic carbocycles. The Kier molecular flexibility index (Phi) is 9.32. The van der Waals surface area contributed by atoms with Crippen LogP contribution in [0.5, 0.6) is 0 Å². The molecule has 0 spiro atoms. The summed E-state index contributed by atoms with van der Waals surface area (Å²) in [6.07, 6.45) is 0. The zero-order valence-electron chi connectivity index (χ0n) is 38.4. The van der Waals surface area contributed by atoms with Crippen molar-refractivity contribution in [2.45, 2.75) is 0 Å². The maximum Gasteiger partial charge on any atom is -0.00201 e. The minimum atomic E-state index is 1.21. The predicted molar refractivity (Wildman–Crippen MR) is 302 cm³/mol. The first-order valence-electron chi connectivity index (χ1n) is 24.3. The van der Waals surface area contributed by atoms with Gasteiger partial charge in [0.1, 0.15) is 0 Å². The third-order valence-corrected chi connectivity index (χ3v) is 14.8. The van der Waals surface area contributed by atoms with E-state index in [2.05, 4.69) is 267 Å². The van der Waals surface area contributed by atoms with Crippen molar-refractivity contribution in [3.05, 3.63) is 267 Å². The fourth-order valence-electron chi connectivity index (χ4n) is 11.6. The Labute approximate surface area is 407 Å². The normalized spacial score (nSPS) is 11.7. The lowest BCUT2D eigenvalue weighted by molar-refractivity contribution is 1.63. The van der Waals surface area contributed by atoms with Crippen molar-refractivity contribution < 1.29 is 0 Å². The highest BCUT2D eigenvalue weighted by Crippen LogP contribution is 2.49. The second kappa shape index (κ2) is 16.3. The first-order valence-corrected chi connectivity index (χ1v) is 24.3. The highest BCUT2D eigenvalue weighted by atomic mass is 14.2. The third kappa shape index (κ3) is 6.45. The molecule has 324 valence electrons. The third-order valence-electron chi connectivity index (χ3n) is 14.8. The number of benzene rings is 14. The van der Waals surface area contributed by atoms with E-state index in [9.17, 15) is 0 Å². The SMILES string of the molecule is c1ccc2cc(-c3ccc(-c4c5ccccc5c(-c5cccc6c(-c7c8ccccc8c(-c8ccc(-c9ccc%10ccccc%10c9)cc8)c8ccccc78)cccc56)c5ccccc45)cc3)ccc2c1. The Morgan fingerprint density at radius 2 is 0.400 bits per heavy atom. The average Bonchev–Trinajstić information content (AvgIpc) is 3.43. The smallest absolute Gasteiger partial charge is 0.00201 e. The summed E-state index contributed by atoms with van der Waals surface area (Å²) >= 11 is 0. The topological polar surface area (TPSA) is 0 Å². The molecule has 14 aromatic rings. The van der Waals surface area contributed by atoms with Gasteiger partial charge in [-0.1, -0.05) is 255 Å². The molecule has 14 rings (SSSR count). The van der Waals surface area contributed by atoms with Gasteiger partial charge in [0, 0.05) is 0 Å². The summed E-state index contributed by atoms with van der Waals surface area (Å²) in [5.74, 6) is 0. The van der Waals surface area contributed by atoms with Crippen LogP contribution in [0.15, 0.2) is 267 Å². The van der Waals surface area contributed by atoms with Crippen molar-refractivity contribution in [2.75, 3.05) is 0 Å². The molecule has 70 heavy (non-hydrogen) atoms. The largest absolute Gasteiger partial charge is 0.0616 e. The summed E-state index contributed by atoms with van der Waals surface area (Å²) in [5, 5.41) is 17.5. The van der Waals surface area contributed by atoms with Gasteiger partial charge in [-0.05, 0) is 154 Å². The maximum absolute atomic E-state index is 2.33.